The van der Waals surface area contributed by atoms with E-state index in [-0.39, 0.29) is 17.7 Å². The van der Waals surface area contributed by atoms with Gasteiger partial charge in [-0.1, -0.05) is 12.1 Å². The van der Waals surface area contributed by atoms with E-state index in [1.54, 1.807) is 26.0 Å². The summed E-state index contributed by atoms with van der Waals surface area (Å²) in [6.07, 6.45) is 2.28. The molecule has 2 aliphatic rings. The molecule has 0 radical (unpaired) electrons. The van der Waals surface area contributed by atoms with E-state index in [1.807, 2.05) is 0 Å². The van der Waals surface area contributed by atoms with Crippen molar-refractivity contribution in [2.45, 2.75) is 44.0 Å². The van der Waals surface area contributed by atoms with Crippen molar-refractivity contribution in [3.8, 4) is 0 Å². The topological polar surface area (TPSA) is 57.6 Å². The lowest BCUT2D eigenvalue weighted by Gasteiger charge is -2.41. The Morgan fingerprint density at radius 1 is 1.35 bits per heavy atom. The largest absolute Gasteiger partial charge is 0.385 e. The van der Waals surface area contributed by atoms with Crippen molar-refractivity contribution in [3.63, 3.8) is 0 Å². The van der Waals surface area contributed by atoms with E-state index >= 15 is 0 Å². The maximum atomic E-state index is 13.6. The minimum Gasteiger partial charge on any atom is -0.385 e. The van der Waals surface area contributed by atoms with Crippen LogP contribution in [0.15, 0.2) is 24.3 Å². The van der Waals surface area contributed by atoms with E-state index < -0.39 is 20.9 Å². The van der Waals surface area contributed by atoms with Crippen molar-refractivity contribution in [2.75, 3.05) is 13.1 Å². The number of hydrogen-bond acceptors (Lipinski definition) is 3. The van der Waals surface area contributed by atoms with Crippen LogP contribution >= 0.6 is 0 Å². The molecule has 23 heavy (non-hydrogen) atoms. The van der Waals surface area contributed by atoms with Gasteiger partial charge < -0.3 is 5.11 Å². The highest BCUT2D eigenvalue weighted by Crippen LogP contribution is 2.48. The Kier molecular flexibility index (Phi) is 4.27. The molecule has 1 aliphatic heterocycles. The Morgan fingerprint density at radius 2 is 2.09 bits per heavy atom. The normalized spacial score (nSPS) is 32.2. The minimum atomic E-state index is -3.33. The standard InChI is InChI=1S/C17H24FNO3S/c1-12(2)23(21,22)19-10-13-5-4-8-17(20,16(13)11-19)14-6-3-7-15(18)9-14/h3,6-7,9,12-13,16,20H,4-5,8,10-11H2,1-2H3/t13-,16+,17+/m0/s1. The lowest BCUT2D eigenvalue weighted by molar-refractivity contribution is -0.0642. The molecule has 2 fully saturated rings. The number of halogens is 1. The monoisotopic (exact) mass is 341 g/mol. The van der Waals surface area contributed by atoms with Crippen LogP contribution in [0.1, 0.15) is 38.7 Å². The maximum absolute atomic E-state index is 13.6. The van der Waals surface area contributed by atoms with E-state index in [0.717, 1.165) is 12.8 Å². The third-order valence-corrected chi connectivity index (χ3v) is 7.64. The first kappa shape index (κ1) is 16.9. The lowest BCUT2D eigenvalue weighted by Crippen LogP contribution is -2.43. The number of aliphatic hydroxyl groups is 1. The van der Waals surface area contributed by atoms with Gasteiger partial charge in [-0.3, -0.25) is 0 Å². The van der Waals surface area contributed by atoms with Gasteiger partial charge in [0.15, 0.2) is 0 Å². The van der Waals surface area contributed by atoms with E-state index in [0.29, 0.717) is 25.1 Å². The zero-order valence-electron chi connectivity index (χ0n) is 13.6. The molecule has 6 heteroatoms. The highest BCUT2D eigenvalue weighted by atomic mass is 32.2. The number of benzene rings is 1. The van der Waals surface area contributed by atoms with Crippen molar-refractivity contribution in [3.05, 3.63) is 35.6 Å². The van der Waals surface area contributed by atoms with Gasteiger partial charge in [0, 0.05) is 19.0 Å². The molecule has 1 heterocycles. The predicted octanol–water partition coefficient (Wildman–Crippen LogP) is 2.48. The molecule has 0 aromatic heterocycles. The van der Waals surface area contributed by atoms with Gasteiger partial charge in [-0.05, 0) is 56.7 Å². The summed E-state index contributed by atoms with van der Waals surface area (Å²) >= 11 is 0. The quantitative estimate of drug-likeness (QED) is 0.919. The van der Waals surface area contributed by atoms with Crippen LogP contribution < -0.4 is 0 Å². The van der Waals surface area contributed by atoms with Crippen LogP contribution in [0.5, 0.6) is 0 Å². The fourth-order valence-electron chi connectivity index (χ4n) is 4.11. The minimum absolute atomic E-state index is 0.130. The number of fused-ring (bicyclic) bond motifs is 1. The first-order valence-corrected chi connectivity index (χ1v) is 9.73. The zero-order valence-corrected chi connectivity index (χ0v) is 14.4. The third-order valence-electron chi connectivity index (χ3n) is 5.43. The summed E-state index contributed by atoms with van der Waals surface area (Å²) in [6.45, 7) is 4.13. The predicted molar refractivity (Wildman–Crippen MR) is 86.8 cm³/mol. The summed E-state index contributed by atoms with van der Waals surface area (Å²) in [7, 11) is -3.33. The van der Waals surface area contributed by atoms with Crippen molar-refractivity contribution in [1.29, 1.82) is 0 Å². The highest BCUT2D eigenvalue weighted by molar-refractivity contribution is 7.89. The molecule has 0 unspecified atom stereocenters. The second kappa shape index (κ2) is 5.83. The van der Waals surface area contributed by atoms with Crippen LogP contribution in [0, 0.1) is 17.7 Å². The fourth-order valence-corrected chi connectivity index (χ4v) is 5.47. The smallest absolute Gasteiger partial charge is 0.216 e. The van der Waals surface area contributed by atoms with E-state index in [1.165, 1.54) is 16.4 Å². The SMILES string of the molecule is CC(C)S(=O)(=O)N1C[C@@H]2CCC[C@@](O)(c3cccc(F)c3)[C@@H]2C1. The van der Waals surface area contributed by atoms with Gasteiger partial charge in [-0.15, -0.1) is 0 Å². The molecular formula is C17H24FNO3S. The molecule has 3 atom stereocenters. The Bertz CT molecular complexity index is 691. The average Bonchev–Trinajstić information content (AvgIpc) is 2.93. The lowest BCUT2D eigenvalue weighted by atomic mass is 9.67. The molecule has 3 rings (SSSR count). The molecule has 0 amide bonds. The van der Waals surface area contributed by atoms with Crippen LogP contribution in [-0.2, 0) is 15.6 Å². The molecule has 1 saturated carbocycles. The summed E-state index contributed by atoms with van der Waals surface area (Å²) in [4.78, 5) is 0. The second-order valence-electron chi connectivity index (χ2n) is 7.10. The van der Waals surface area contributed by atoms with Gasteiger partial charge in [0.05, 0.1) is 10.9 Å². The van der Waals surface area contributed by atoms with Gasteiger partial charge in [-0.2, -0.15) is 0 Å². The van der Waals surface area contributed by atoms with Gasteiger partial charge in [0.1, 0.15) is 5.82 Å². The Labute approximate surface area is 137 Å². The van der Waals surface area contributed by atoms with Crippen molar-refractivity contribution < 1.29 is 17.9 Å². The van der Waals surface area contributed by atoms with Crippen LogP contribution in [0.25, 0.3) is 0 Å². The molecule has 128 valence electrons. The summed E-state index contributed by atoms with van der Waals surface area (Å²) < 4.78 is 40.0. The molecule has 1 aromatic rings. The average molecular weight is 341 g/mol. The van der Waals surface area contributed by atoms with Crippen LogP contribution in [-0.4, -0.2) is 36.2 Å². The zero-order chi connectivity index (χ0) is 16.8. The highest BCUT2D eigenvalue weighted by Gasteiger charge is 2.52. The van der Waals surface area contributed by atoms with E-state index in [4.69, 9.17) is 0 Å². The number of nitrogens with zero attached hydrogens (tertiary/aromatic N) is 1. The van der Waals surface area contributed by atoms with E-state index in [2.05, 4.69) is 0 Å². The maximum Gasteiger partial charge on any atom is 0.216 e. The molecule has 1 N–H and O–H groups in total. The van der Waals surface area contributed by atoms with Crippen LogP contribution in [0.4, 0.5) is 4.39 Å². The summed E-state index contributed by atoms with van der Waals surface area (Å²) in [5.41, 5.74) is -0.581. The van der Waals surface area contributed by atoms with Gasteiger partial charge in [0.2, 0.25) is 10.0 Å². The molecule has 1 aliphatic carbocycles. The fraction of sp³-hybridized carbons (Fsp3) is 0.647. The molecule has 0 spiro atoms. The molecule has 1 saturated heterocycles. The third kappa shape index (κ3) is 2.81. The van der Waals surface area contributed by atoms with Gasteiger partial charge in [-0.25, -0.2) is 17.1 Å². The Balaban J connectivity index is 1.93. The number of sulfonamides is 1. The van der Waals surface area contributed by atoms with Crippen molar-refractivity contribution in [2.24, 2.45) is 11.8 Å². The van der Waals surface area contributed by atoms with E-state index in [9.17, 15) is 17.9 Å². The first-order chi connectivity index (χ1) is 10.7. The van der Waals surface area contributed by atoms with Gasteiger partial charge >= 0.3 is 0 Å². The Hall–Kier alpha value is -0.980. The molecule has 0 bridgehead atoms. The number of rotatable bonds is 3. The van der Waals surface area contributed by atoms with Crippen molar-refractivity contribution >= 4 is 10.0 Å². The van der Waals surface area contributed by atoms with Gasteiger partial charge in [0.25, 0.3) is 0 Å². The molecule has 4 nitrogen and oxygen atoms in total. The first-order valence-electron chi connectivity index (χ1n) is 8.22. The summed E-state index contributed by atoms with van der Waals surface area (Å²) in [6, 6.07) is 6.08. The second-order valence-corrected chi connectivity index (χ2v) is 9.59. The van der Waals surface area contributed by atoms with Crippen LogP contribution in [0.2, 0.25) is 0 Å². The Morgan fingerprint density at radius 3 is 2.74 bits per heavy atom. The summed E-state index contributed by atoms with van der Waals surface area (Å²) in [5, 5.41) is 10.8. The number of hydrogen-bond donors (Lipinski definition) is 1. The van der Waals surface area contributed by atoms with Crippen molar-refractivity contribution in [1.82, 2.24) is 4.31 Å². The molecular weight excluding hydrogens is 317 g/mol. The summed E-state index contributed by atoms with van der Waals surface area (Å²) in [5.74, 6) is -0.417. The molecule has 1 aromatic carbocycles. The van der Waals surface area contributed by atoms with Crippen LogP contribution in [0.3, 0.4) is 0 Å².